The zero-order chi connectivity index (χ0) is 29.1. The molecule has 0 radical (unpaired) electrons. The Bertz CT molecular complexity index is 1530. The van der Waals surface area contributed by atoms with Crippen LogP contribution in [0.3, 0.4) is 0 Å². The van der Waals surface area contributed by atoms with Gasteiger partial charge in [-0.05, 0) is 60.7 Å². The summed E-state index contributed by atoms with van der Waals surface area (Å²) in [5.74, 6) is 0.482. The van der Waals surface area contributed by atoms with Crippen molar-refractivity contribution in [2.45, 2.75) is 38.5 Å². The molecule has 2 heterocycles. The molecule has 8 nitrogen and oxygen atoms in total. The standard InChI is InChI=1S/C32H32F2N6O2/c1-22-7-10-26(37-30-35-18-25(19-36-30)24-8-11-27(12-9-24)42-29(33)34)17-28(22)38-31(41)39-15-16-40(32(21-39)13-14-32)20-23-5-3-2-4-6-23/h2-12,17-19,29H,13-16,20-21H2,1H3,(H,38,41)(H,35,36,37). The van der Waals surface area contributed by atoms with E-state index >= 15 is 0 Å². The van der Waals surface area contributed by atoms with E-state index in [1.165, 1.54) is 17.7 Å². The number of benzene rings is 3. The molecule has 1 aliphatic heterocycles. The molecule has 1 aliphatic carbocycles. The van der Waals surface area contributed by atoms with E-state index in [1.807, 2.05) is 36.1 Å². The van der Waals surface area contributed by atoms with Crippen molar-refractivity contribution >= 4 is 23.4 Å². The first kappa shape index (κ1) is 27.6. The lowest BCUT2D eigenvalue weighted by Crippen LogP contribution is -2.56. The number of nitrogens with zero attached hydrogens (tertiary/aromatic N) is 4. The molecule has 1 spiro atoms. The molecule has 42 heavy (non-hydrogen) atoms. The molecule has 1 saturated carbocycles. The minimum atomic E-state index is -2.86. The molecule has 216 valence electrons. The molecular weight excluding hydrogens is 538 g/mol. The van der Waals surface area contributed by atoms with Crippen molar-refractivity contribution in [3.05, 3.63) is 96.3 Å². The quantitative estimate of drug-likeness (QED) is 0.246. The van der Waals surface area contributed by atoms with E-state index in [-0.39, 0.29) is 17.3 Å². The number of urea groups is 1. The van der Waals surface area contributed by atoms with E-state index in [1.54, 1.807) is 24.5 Å². The minimum absolute atomic E-state index is 0.0784. The van der Waals surface area contributed by atoms with E-state index in [0.717, 1.165) is 60.5 Å². The van der Waals surface area contributed by atoms with Crippen molar-refractivity contribution in [1.29, 1.82) is 0 Å². The number of halogens is 2. The molecule has 1 aromatic heterocycles. The van der Waals surface area contributed by atoms with E-state index in [9.17, 15) is 13.6 Å². The average Bonchev–Trinajstić information content (AvgIpc) is 3.76. The smallest absolute Gasteiger partial charge is 0.387 e. The second-order valence-electron chi connectivity index (χ2n) is 10.8. The Morgan fingerprint density at radius 3 is 2.40 bits per heavy atom. The summed E-state index contributed by atoms with van der Waals surface area (Å²) in [6, 6.07) is 22.4. The van der Waals surface area contributed by atoms with Crippen LogP contribution in [0.5, 0.6) is 5.75 Å². The number of piperazine rings is 1. The molecule has 2 aliphatic rings. The fourth-order valence-electron chi connectivity index (χ4n) is 5.38. The lowest BCUT2D eigenvalue weighted by atomic mass is 10.1. The van der Waals surface area contributed by atoms with Gasteiger partial charge in [0.25, 0.3) is 0 Å². The fraction of sp³-hybridized carbons (Fsp3) is 0.281. The van der Waals surface area contributed by atoms with Gasteiger partial charge in [-0.25, -0.2) is 14.8 Å². The van der Waals surface area contributed by atoms with Crippen molar-refractivity contribution in [2.24, 2.45) is 0 Å². The highest BCUT2D eigenvalue weighted by Crippen LogP contribution is 2.45. The van der Waals surface area contributed by atoms with Crippen LogP contribution in [0.4, 0.5) is 30.9 Å². The average molecular weight is 571 g/mol. The summed E-state index contributed by atoms with van der Waals surface area (Å²) in [6.45, 7) is 2.27. The number of anilines is 3. The molecule has 4 aromatic rings. The Labute approximate surface area is 243 Å². The summed E-state index contributed by atoms with van der Waals surface area (Å²) in [5.41, 5.74) is 5.31. The maximum absolute atomic E-state index is 13.3. The predicted octanol–water partition coefficient (Wildman–Crippen LogP) is 6.68. The number of hydrogen-bond donors (Lipinski definition) is 2. The molecule has 10 heteroatoms. The van der Waals surface area contributed by atoms with Crippen LogP contribution in [0.1, 0.15) is 24.0 Å². The van der Waals surface area contributed by atoms with Crippen molar-refractivity contribution in [3.63, 3.8) is 0 Å². The highest BCUT2D eigenvalue weighted by atomic mass is 19.3. The van der Waals surface area contributed by atoms with Gasteiger partial charge in [0, 0.05) is 61.0 Å². The number of carbonyl (C=O) groups excluding carboxylic acids is 1. The van der Waals surface area contributed by atoms with Gasteiger partial charge in [-0.15, -0.1) is 0 Å². The zero-order valence-corrected chi connectivity index (χ0v) is 23.3. The zero-order valence-electron chi connectivity index (χ0n) is 23.3. The van der Waals surface area contributed by atoms with Crippen LogP contribution in [0.25, 0.3) is 11.1 Å². The highest BCUT2D eigenvalue weighted by molar-refractivity contribution is 5.91. The van der Waals surface area contributed by atoms with Crippen LogP contribution in [0, 0.1) is 6.92 Å². The Hall–Kier alpha value is -4.57. The van der Waals surface area contributed by atoms with E-state index in [0.29, 0.717) is 12.5 Å². The number of nitrogens with one attached hydrogen (secondary N) is 2. The van der Waals surface area contributed by atoms with Crippen LogP contribution in [0.2, 0.25) is 0 Å². The minimum Gasteiger partial charge on any atom is -0.435 e. The van der Waals surface area contributed by atoms with Crippen molar-refractivity contribution in [2.75, 3.05) is 30.3 Å². The van der Waals surface area contributed by atoms with Crippen LogP contribution < -0.4 is 15.4 Å². The number of aryl methyl sites for hydroxylation is 1. The van der Waals surface area contributed by atoms with Gasteiger partial charge < -0.3 is 20.3 Å². The van der Waals surface area contributed by atoms with Crippen molar-refractivity contribution in [1.82, 2.24) is 19.8 Å². The first-order valence-corrected chi connectivity index (χ1v) is 14.0. The molecule has 1 saturated heterocycles. The number of aromatic nitrogens is 2. The number of rotatable bonds is 8. The fourth-order valence-corrected chi connectivity index (χ4v) is 5.38. The number of alkyl halides is 2. The second kappa shape index (κ2) is 11.7. The van der Waals surface area contributed by atoms with Gasteiger partial charge in [-0.2, -0.15) is 8.78 Å². The summed E-state index contributed by atoms with van der Waals surface area (Å²) >= 11 is 0. The van der Waals surface area contributed by atoms with Gasteiger partial charge in [0.2, 0.25) is 5.95 Å². The summed E-state index contributed by atoms with van der Waals surface area (Å²) < 4.78 is 29.2. The first-order chi connectivity index (χ1) is 20.4. The number of hydrogen-bond acceptors (Lipinski definition) is 6. The molecule has 3 aromatic carbocycles. The van der Waals surface area contributed by atoms with Gasteiger partial charge in [0.05, 0.1) is 0 Å². The molecule has 0 unspecified atom stereocenters. The largest absolute Gasteiger partial charge is 0.435 e. The Kier molecular flexibility index (Phi) is 7.71. The maximum atomic E-state index is 13.3. The van der Waals surface area contributed by atoms with Crippen molar-refractivity contribution < 1.29 is 18.3 Å². The number of amides is 2. The summed E-state index contributed by atoms with van der Waals surface area (Å²) in [6.07, 6.45) is 5.53. The molecule has 0 atom stereocenters. The third-order valence-electron chi connectivity index (χ3n) is 7.93. The van der Waals surface area contributed by atoms with E-state index < -0.39 is 6.61 Å². The van der Waals surface area contributed by atoms with Gasteiger partial charge in [0.15, 0.2) is 0 Å². The normalized spacial score (nSPS) is 16.0. The van der Waals surface area contributed by atoms with Gasteiger partial charge >= 0.3 is 12.6 Å². The van der Waals surface area contributed by atoms with Gasteiger partial charge in [0.1, 0.15) is 5.75 Å². The lowest BCUT2D eigenvalue weighted by Gasteiger charge is -2.42. The van der Waals surface area contributed by atoms with E-state index in [4.69, 9.17) is 0 Å². The molecule has 2 fully saturated rings. The third-order valence-corrected chi connectivity index (χ3v) is 7.93. The van der Waals surface area contributed by atoms with Crippen LogP contribution in [-0.4, -0.2) is 57.6 Å². The molecule has 0 bridgehead atoms. The lowest BCUT2D eigenvalue weighted by molar-refractivity contribution is -0.0498. The second-order valence-corrected chi connectivity index (χ2v) is 10.8. The summed E-state index contributed by atoms with van der Waals surface area (Å²) in [4.78, 5) is 26.6. The van der Waals surface area contributed by atoms with Gasteiger partial charge in [-0.1, -0.05) is 48.5 Å². The number of carbonyl (C=O) groups is 1. The highest BCUT2D eigenvalue weighted by Gasteiger charge is 2.51. The molecule has 6 rings (SSSR count). The maximum Gasteiger partial charge on any atom is 0.387 e. The summed E-state index contributed by atoms with van der Waals surface area (Å²) in [7, 11) is 0. The molecular formula is C32H32F2N6O2. The monoisotopic (exact) mass is 570 g/mol. The van der Waals surface area contributed by atoms with Gasteiger partial charge in [-0.3, -0.25) is 4.90 Å². The SMILES string of the molecule is Cc1ccc(Nc2ncc(-c3ccc(OC(F)F)cc3)cn2)cc1NC(=O)N1CCN(Cc2ccccc2)C2(CC2)C1. The summed E-state index contributed by atoms with van der Waals surface area (Å²) in [5, 5.41) is 6.30. The topological polar surface area (TPSA) is 82.6 Å². The van der Waals surface area contributed by atoms with Crippen LogP contribution >= 0.6 is 0 Å². The Balaban J connectivity index is 1.07. The third kappa shape index (κ3) is 6.33. The Morgan fingerprint density at radius 2 is 1.71 bits per heavy atom. The Morgan fingerprint density at radius 1 is 0.976 bits per heavy atom. The van der Waals surface area contributed by atoms with Crippen LogP contribution in [-0.2, 0) is 6.54 Å². The van der Waals surface area contributed by atoms with E-state index in [2.05, 4.69) is 54.5 Å². The molecule has 2 N–H and O–H groups in total. The first-order valence-electron chi connectivity index (χ1n) is 14.0. The predicted molar refractivity (Wildman–Crippen MR) is 158 cm³/mol. The molecule has 2 amide bonds. The van der Waals surface area contributed by atoms with Crippen molar-refractivity contribution in [3.8, 4) is 16.9 Å². The number of ether oxygens (including phenoxy) is 1. The van der Waals surface area contributed by atoms with Crippen LogP contribution in [0.15, 0.2) is 85.2 Å².